The number of morpholine rings is 1. The predicted octanol–water partition coefficient (Wildman–Crippen LogP) is 6.06. The molecular formula is C57H77N9O9S. The summed E-state index contributed by atoms with van der Waals surface area (Å²) in [6.45, 7) is 17.3. The Balaban J connectivity index is 1.00. The number of esters is 1. The molecule has 13 rings (SSSR count). The van der Waals surface area contributed by atoms with Crippen LogP contribution in [0.1, 0.15) is 107 Å². The number of ether oxygens (including phenoxy) is 6. The monoisotopic (exact) mass is 1060 g/mol. The molecule has 1 aromatic carbocycles. The van der Waals surface area contributed by atoms with Gasteiger partial charge in [-0.3, -0.25) is 34.2 Å². The first-order valence-electron chi connectivity index (χ1n) is 28.2. The van der Waals surface area contributed by atoms with Gasteiger partial charge in [-0.05, 0) is 101 Å². The van der Waals surface area contributed by atoms with Gasteiger partial charge in [-0.25, -0.2) is 10.4 Å². The van der Waals surface area contributed by atoms with Crippen LogP contribution in [0.15, 0.2) is 35.8 Å². The van der Waals surface area contributed by atoms with Crippen molar-refractivity contribution in [2.24, 2.45) is 11.3 Å². The molecular weight excluding hydrogens is 987 g/mol. The lowest BCUT2D eigenvalue weighted by atomic mass is 9.72. The third-order valence-electron chi connectivity index (χ3n) is 17.7. The third kappa shape index (κ3) is 10.3. The molecule has 9 aliphatic rings. The van der Waals surface area contributed by atoms with Crippen LogP contribution >= 0.6 is 11.3 Å². The van der Waals surface area contributed by atoms with Crippen LogP contribution in [0, 0.1) is 11.3 Å². The first-order valence-corrected chi connectivity index (χ1v) is 29.1. The van der Waals surface area contributed by atoms with Gasteiger partial charge in [0.1, 0.15) is 22.7 Å². The number of methoxy groups -OCH3 is 1. The zero-order chi connectivity index (χ0) is 52.3. The van der Waals surface area contributed by atoms with Crippen molar-refractivity contribution in [3.8, 4) is 22.5 Å². The van der Waals surface area contributed by atoms with Gasteiger partial charge < -0.3 is 43.2 Å². The van der Waals surface area contributed by atoms with E-state index in [9.17, 15) is 9.59 Å². The minimum atomic E-state index is -1.05. The van der Waals surface area contributed by atoms with Crippen LogP contribution in [0.5, 0.6) is 0 Å². The summed E-state index contributed by atoms with van der Waals surface area (Å²) in [5.74, 6) is -0.717. The molecule has 19 heteroatoms. The Kier molecular flexibility index (Phi) is 14.8. The second-order valence-corrected chi connectivity index (χ2v) is 24.4. The van der Waals surface area contributed by atoms with Crippen molar-refractivity contribution in [2.75, 3.05) is 97.5 Å². The van der Waals surface area contributed by atoms with Crippen molar-refractivity contribution < 1.29 is 42.8 Å². The van der Waals surface area contributed by atoms with E-state index in [-0.39, 0.29) is 36.7 Å². The first-order chi connectivity index (χ1) is 36.8. The summed E-state index contributed by atoms with van der Waals surface area (Å²) in [5.41, 5.74) is 9.63. The quantitative estimate of drug-likeness (QED) is 0.157. The van der Waals surface area contributed by atoms with E-state index in [1.807, 2.05) is 13.1 Å². The van der Waals surface area contributed by atoms with Gasteiger partial charge in [-0.15, -0.1) is 11.3 Å². The molecule has 2 N–H and O–H groups in total. The molecule has 18 nitrogen and oxygen atoms in total. The molecule has 10 heterocycles. The van der Waals surface area contributed by atoms with Crippen molar-refractivity contribution in [3.05, 3.63) is 52.1 Å². The van der Waals surface area contributed by atoms with E-state index in [0.717, 1.165) is 95.4 Å². The molecule has 3 aromatic heterocycles. The number of piperazine rings is 1. The van der Waals surface area contributed by atoms with E-state index >= 15 is 4.79 Å². The molecule has 410 valence electrons. The summed E-state index contributed by atoms with van der Waals surface area (Å²) < 4.78 is 39.5. The summed E-state index contributed by atoms with van der Waals surface area (Å²) in [7, 11) is 1.74. The average molecular weight is 1060 g/mol. The van der Waals surface area contributed by atoms with Crippen LogP contribution in [0.3, 0.4) is 0 Å². The Morgan fingerprint density at radius 3 is 2.47 bits per heavy atom. The highest BCUT2D eigenvalue weighted by Gasteiger charge is 2.61. The molecule has 8 fully saturated rings. The summed E-state index contributed by atoms with van der Waals surface area (Å²) in [6, 6.07) is 7.23. The smallest absolute Gasteiger partial charge is 0.324 e. The highest BCUT2D eigenvalue weighted by Crippen LogP contribution is 2.53. The van der Waals surface area contributed by atoms with Crippen LogP contribution in [-0.4, -0.2) is 176 Å². The minimum Gasteiger partial charge on any atom is -0.464 e. The number of hydrogen-bond donors (Lipinski definition) is 2. The first kappa shape index (κ1) is 52.1. The number of carbonyl (C=O) groups excluding carboxylic acids is 3. The number of nitrogens with zero attached hydrogens (tertiary/aromatic N) is 7. The number of carbonyl (C=O) groups is 3. The lowest BCUT2D eigenvalue weighted by Gasteiger charge is -2.42. The van der Waals surface area contributed by atoms with Gasteiger partial charge in [0.25, 0.3) is 11.8 Å². The van der Waals surface area contributed by atoms with E-state index < -0.39 is 35.1 Å². The number of hydrazine groups is 1. The molecule has 0 radical (unpaired) electrons. The maximum atomic E-state index is 15.3. The molecule has 2 aliphatic carbocycles. The average Bonchev–Trinajstić information content (AvgIpc) is 3.96. The van der Waals surface area contributed by atoms with Crippen LogP contribution < -0.4 is 15.6 Å². The van der Waals surface area contributed by atoms with Crippen molar-refractivity contribution in [2.45, 2.75) is 140 Å². The molecule has 7 aliphatic heterocycles. The fourth-order valence-corrected chi connectivity index (χ4v) is 14.1. The topological polar surface area (TPSA) is 174 Å². The number of anilines is 1. The highest BCUT2D eigenvalue weighted by molar-refractivity contribution is 7.10. The number of pyridine rings is 1. The van der Waals surface area contributed by atoms with Crippen molar-refractivity contribution >= 4 is 45.7 Å². The summed E-state index contributed by atoms with van der Waals surface area (Å²) in [4.78, 5) is 62.3. The van der Waals surface area contributed by atoms with Gasteiger partial charge >= 0.3 is 5.97 Å². The zero-order valence-corrected chi connectivity index (χ0v) is 45.9. The van der Waals surface area contributed by atoms with E-state index in [2.05, 4.69) is 80.4 Å². The van der Waals surface area contributed by atoms with Crippen LogP contribution in [0.25, 0.3) is 33.4 Å². The fraction of sp³-hybridized carbons (Fsp3) is 0.667. The number of nitrogens with one attached hydrogen (secondary N) is 2. The Morgan fingerprint density at radius 1 is 0.961 bits per heavy atom. The van der Waals surface area contributed by atoms with Gasteiger partial charge in [-0.1, -0.05) is 19.9 Å². The van der Waals surface area contributed by atoms with Crippen LogP contribution in [0.4, 0.5) is 5.69 Å². The molecule has 76 heavy (non-hydrogen) atoms. The molecule has 1 unspecified atom stereocenters. The third-order valence-corrected chi connectivity index (χ3v) is 18.6. The molecule has 5 atom stereocenters. The van der Waals surface area contributed by atoms with Gasteiger partial charge in [0, 0.05) is 112 Å². The predicted molar refractivity (Wildman–Crippen MR) is 288 cm³/mol. The second-order valence-electron chi connectivity index (χ2n) is 23.5. The van der Waals surface area contributed by atoms with Crippen molar-refractivity contribution in [3.63, 3.8) is 0 Å². The number of benzene rings is 1. The number of cyclic esters (lactones) is 1. The Hall–Kier alpha value is -4.57. The largest absolute Gasteiger partial charge is 0.464 e. The maximum Gasteiger partial charge on any atom is 0.324 e. The van der Waals surface area contributed by atoms with E-state index in [1.54, 1.807) is 7.11 Å². The number of amides is 2. The number of aromatic nitrogens is 3. The minimum absolute atomic E-state index is 0.0318. The van der Waals surface area contributed by atoms with Gasteiger partial charge in [0.15, 0.2) is 0 Å². The number of thiazole rings is 1. The Bertz CT molecular complexity index is 2770. The lowest BCUT2D eigenvalue weighted by Crippen LogP contribution is -2.65. The van der Waals surface area contributed by atoms with E-state index in [0.29, 0.717) is 102 Å². The lowest BCUT2D eigenvalue weighted by molar-refractivity contribution is -0.158. The van der Waals surface area contributed by atoms with Crippen LogP contribution in [0.2, 0.25) is 0 Å². The molecule has 8 bridgehead atoms. The molecule has 2 amide bonds. The van der Waals surface area contributed by atoms with Gasteiger partial charge in [0.2, 0.25) is 0 Å². The number of fused-ring (bicyclic) bond motifs is 7. The summed E-state index contributed by atoms with van der Waals surface area (Å²) >= 11 is 1.50. The van der Waals surface area contributed by atoms with Gasteiger partial charge in [-0.2, -0.15) is 0 Å². The molecule has 6 saturated heterocycles. The molecule has 4 aromatic rings. The Morgan fingerprint density at radius 2 is 1.74 bits per heavy atom. The van der Waals surface area contributed by atoms with Crippen LogP contribution in [-0.2, 0) is 55.8 Å². The zero-order valence-electron chi connectivity index (χ0n) is 45.1. The maximum absolute atomic E-state index is 15.3. The second kappa shape index (κ2) is 21.6. The SMILES string of the molecule is CO[C@@H](C)c1ncc(N2CCN(C3CC3)CC2)cc1-c1c2c3cc(ccc3n1CCOC1CCOCC1)-c1csc(n1)[C@@H](N1CCOCC1)[C@H](NC(=O)C13CC(C1)C(C)O3)C(=O)N1CCC[C@H](N1)C(=O)OCC(C)(C)C2. The standard InChI is InChI=1S/C57H77N9O9S/c1-35-38-29-57(30-38,75-35)55(69)60-49-51(64-19-24-72-25-20-64)52-59-46(33-76-52)37-8-11-47-42(27-37)44(31-56(3,4)34-74-54(68)45-7-6-14-66(61-45)53(49)67)50(65(47)21-26-73-41-12-22-71-23-13-41)43-28-40(32-58-48(43)36(2)70-5)63-17-15-62(16-18-63)39-9-10-39/h8,11,27-28,32-33,35-36,38-39,41,45,49,51,61H,6-7,9-10,12-26,29-31,34H2,1-5H3,(H,60,69)/t35?,36-,38?,45-,49-,51-,57?/m0/s1. The Labute approximate surface area is 450 Å². The van der Waals surface area contributed by atoms with E-state index in [1.165, 1.54) is 29.2 Å². The normalized spacial score (nSPS) is 29.2. The summed E-state index contributed by atoms with van der Waals surface area (Å²) in [5, 5.41) is 8.65. The highest BCUT2D eigenvalue weighted by atomic mass is 32.1. The molecule has 2 saturated carbocycles. The van der Waals surface area contributed by atoms with E-state index in [4.69, 9.17) is 38.4 Å². The number of hydrogen-bond acceptors (Lipinski definition) is 16. The number of rotatable bonds is 12. The van der Waals surface area contributed by atoms with Crippen molar-refractivity contribution in [1.29, 1.82) is 0 Å². The fourth-order valence-electron chi connectivity index (χ4n) is 13.1. The summed E-state index contributed by atoms with van der Waals surface area (Å²) in [6.07, 6.45) is 9.00. The molecule has 0 spiro atoms. The van der Waals surface area contributed by atoms with Gasteiger partial charge in [0.05, 0.1) is 79.7 Å². The van der Waals surface area contributed by atoms with Crippen molar-refractivity contribution in [1.82, 2.24) is 40.1 Å².